The Morgan fingerprint density at radius 3 is 2.55 bits per heavy atom. The third-order valence-electron chi connectivity index (χ3n) is 6.77. The fourth-order valence-corrected chi connectivity index (χ4v) is 6.34. The van der Waals surface area contributed by atoms with Crippen LogP contribution in [0.1, 0.15) is 27.9 Å². The van der Waals surface area contributed by atoms with E-state index in [1.807, 2.05) is 17.0 Å². The van der Waals surface area contributed by atoms with Crippen LogP contribution in [0.5, 0.6) is 0 Å². The molecule has 7 nitrogen and oxygen atoms in total. The van der Waals surface area contributed by atoms with E-state index < -0.39 is 10.0 Å². The Balaban J connectivity index is 1.23. The highest BCUT2D eigenvalue weighted by molar-refractivity contribution is 14.1. The number of benzene rings is 3. The molecule has 1 fully saturated rings. The van der Waals surface area contributed by atoms with Gasteiger partial charge < -0.3 is 4.90 Å². The number of aromatic nitrogens is 1. The van der Waals surface area contributed by atoms with Crippen molar-refractivity contribution in [1.29, 1.82) is 0 Å². The Morgan fingerprint density at radius 2 is 1.76 bits per heavy atom. The number of anilines is 1. The van der Waals surface area contributed by atoms with Crippen molar-refractivity contribution < 1.29 is 13.2 Å². The molecule has 0 bridgehead atoms. The number of aryl methyl sites for hydroxylation is 1. The Hall–Kier alpha value is -3.02. The monoisotopic (exact) mass is 640 g/mol. The molecule has 9 heteroatoms. The first-order valence-electron chi connectivity index (χ1n) is 12.5. The first-order valence-corrected chi connectivity index (χ1v) is 15.1. The first kappa shape index (κ1) is 26.6. The predicted molar refractivity (Wildman–Crippen MR) is 159 cm³/mol. The minimum Gasteiger partial charge on any atom is -0.337 e. The van der Waals surface area contributed by atoms with Crippen LogP contribution in [0.15, 0.2) is 83.9 Å². The Bertz CT molecular complexity index is 1570. The summed E-state index contributed by atoms with van der Waals surface area (Å²) >= 11 is 2.35. The van der Waals surface area contributed by atoms with Gasteiger partial charge in [-0.25, -0.2) is 8.42 Å². The van der Waals surface area contributed by atoms with Crippen LogP contribution in [-0.2, 0) is 16.6 Å². The van der Waals surface area contributed by atoms with Crippen molar-refractivity contribution in [3.8, 4) is 0 Å². The van der Waals surface area contributed by atoms with E-state index in [9.17, 15) is 13.2 Å². The highest BCUT2D eigenvalue weighted by Crippen LogP contribution is 2.24. The molecule has 1 saturated heterocycles. The van der Waals surface area contributed by atoms with Crippen molar-refractivity contribution in [2.45, 2.75) is 24.8 Å². The van der Waals surface area contributed by atoms with Gasteiger partial charge in [-0.1, -0.05) is 30.3 Å². The zero-order valence-electron chi connectivity index (χ0n) is 21.1. The second-order valence-electron chi connectivity index (χ2n) is 9.52. The van der Waals surface area contributed by atoms with E-state index in [1.165, 1.54) is 20.8 Å². The number of carbonyl (C=O) groups is 1. The molecule has 1 aromatic heterocycles. The molecule has 1 aliphatic heterocycles. The topological polar surface area (TPSA) is 82.6 Å². The third-order valence-corrected chi connectivity index (χ3v) is 9.40. The minimum absolute atomic E-state index is 0.0374. The van der Waals surface area contributed by atoms with Crippen LogP contribution < -0.4 is 4.72 Å². The molecule has 0 spiro atoms. The second-order valence-corrected chi connectivity index (χ2v) is 12.3. The molecule has 2 heterocycles. The minimum atomic E-state index is -3.85. The van der Waals surface area contributed by atoms with Gasteiger partial charge in [-0.3, -0.25) is 19.4 Å². The lowest BCUT2D eigenvalue weighted by molar-refractivity contribution is 0.0761. The van der Waals surface area contributed by atoms with Gasteiger partial charge in [0.25, 0.3) is 15.9 Å². The molecule has 1 amide bonds. The number of carbonyl (C=O) groups excluding carboxylic acids is 1. The molecular formula is C29H29IN4O3S. The number of halogens is 1. The number of sulfonamides is 1. The van der Waals surface area contributed by atoms with Gasteiger partial charge in [0, 0.05) is 59.1 Å². The molecule has 1 N–H and O–H groups in total. The average molecular weight is 641 g/mol. The quantitative estimate of drug-likeness (QED) is 0.290. The predicted octanol–water partition coefficient (Wildman–Crippen LogP) is 5.30. The summed E-state index contributed by atoms with van der Waals surface area (Å²) in [6.07, 6.45) is 2.49. The molecule has 1 aliphatic rings. The maximum atomic E-state index is 13.2. The second kappa shape index (κ2) is 11.4. The van der Waals surface area contributed by atoms with Gasteiger partial charge in [-0.2, -0.15) is 0 Å². The average Bonchev–Trinajstić information content (AvgIpc) is 3.16. The summed E-state index contributed by atoms with van der Waals surface area (Å²) in [5.74, 6) is -0.0374. The summed E-state index contributed by atoms with van der Waals surface area (Å²) < 4.78 is 30.1. The largest absolute Gasteiger partial charge is 0.337 e. The molecule has 0 unspecified atom stereocenters. The van der Waals surface area contributed by atoms with Crippen LogP contribution in [0, 0.1) is 10.5 Å². The summed E-state index contributed by atoms with van der Waals surface area (Å²) in [6, 6.07) is 21.9. The van der Waals surface area contributed by atoms with Crippen molar-refractivity contribution in [1.82, 2.24) is 14.8 Å². The fourth-order valence-electron chi connectivity index (χ4n) is 4.76. The number of para-hydroxylation sites is 1. The Labute approximate surface area is 237 Å². The van der Waals surface area contributed by atoms with Crippen LogP contribution in [0.2, 0.25) is 0 Å². The van der Waals surface area contributed by atoms with E-state index in [4.69, 9.17) is 0 Å². The SMILES string of the molecule is Cc1cc(CN2CCCN(C(=O)c3ccc(NS(=O)(=O)c4cccc5cccnc45)cc3)CC2)ccc1I. The molecule has 196 valence electrons. The van der Waals surface area contributed by atoms with Crippen molar-refractivity contribution in [3.63, 3.8) is 0 Å². The zero-order valence-corrected chi connectivity index (χ0v) is 24.1. The van der Waals surface area contributed by atoms with Gasteiger partial charge in [-0.15, -0.1) is 0 Å². The maximum Gasteiger partial charge on any atom is 0.264 e. The van der Waals surface area contributed by atoms with Crippen molar-refractivity contribution in [3.05, 3.63) is 99.3 Å². The number of hydrogen-bond acceptors (Lipinski definition) is 5. The van der Waals surface area contributed by atoms with Crippen molar-refractivity contribution >= 4 is 55.1 Å². The first-order chi connectivity index (χ1) is 18.3. The summed E-state index contributed by atoms with van der Waals surface area (Å²) in [4.78, 5) is 21.9. The summed E-state index contributed by atoms with van der Waals surface area (Å²) in [7, 11) is -3.85. The van der Waals surface area contributed by atoms with E-state index >= 15 is 0 Å². The molecule has 0 radical (unpaired) electrons. The number of rotatable bonds is 6. The van der Waals surface area contributed by atoms with E-state index in [1.54, 1.807) is 42.6 Å². The lowest BCUT2D eigenvalue weighted by atomic mass is 10.1. The van der Waals surface area contributed by atoms with E-state index in [-0.39, 0.29) is 10.8 Å². The lowest BCUT2D eigenvalue weighted by Gasteiger charge is -2.22. The van der Waals surface area contributed by atoms with Crippen LogP contribution in [-0.4, -0.2) is 55.3 Å². The van der Waals surface area contributed by atoms with Gasteiger partial charge in [-0.05, 0) is 89.5 Å². The molecule has 0 atom stereocenters. The number of pyridine rings is 1. The molecule has 4 aromatic rings. The van der Waals surface area contributed by atoms with Crippen LogP contribution in [0.4, 0.5) is 5.69 Å². The van der Waals surface area contributed by atoms with Gasteiger partial charge in [0.15, 0.2) is 0 Å². The summed E-state index contributed by atoms with van der Waals surface area (Å²) in [5.41, 5.74) is 3.93. The number of nitrogens with one attached hydrogen (secondary N) is 1. The normalized spacial score (nSPS) is 14.8. The molecule has 0 aliphatic carbocycles. The van der Waals surface area contributed by atoms with Gasteiger partial charge in [0.2, 0.25) is 0 Å². The molecule has 3 aromatic carbocycles. The fraction of sp³-hybridized carbons (Fsp3) is 0.241. The van der Waals surface area contributed by atoms with E-state index in [2.05, 4.69) is 62.3 Å². The van der Waals surface area contributed by atoms with E-state index in [0.29, 0.717) is 29.9 Å². The molecule has 0 saturated carbocycles. The van der Waals surface area contributed by atoms with Gasteiger partial charge in [0.1, 0.15) is 4.90 Å². The Kier molecular flexibility index (Phi) is 7.96. The highest BCUT2D eigenvalue weighted by atomic mass is 127. The van der Waals surface area contributed by atoms with Crippen molar-refractivity contribution in [2.24, 2.45) is 0 Å². The molecular weight excluding hydrogens is 611 g/mol. The third kappa shape index (κ3) is 6.00. The smallest absolute Gasteiger partial charge is 0.264 e. The summed E-state index contributed by atoms with van der Waals surface area (Å²) in [5, 5.41) is 0.751. The van der Waals surface area contributed by atoms with Crippen LogP contribution >= 0.6 is 22.6 Å². The zero-order chi connectivity index (χ0) is 26.7. The lowest BCUT2D eigenvalue weighted by Crippen LogP contribution is -2.35. The standard InChI is InChI=1S/C29H29IN4O3S/c1-21-19-22(8-13-26(21)30)20-33-15-4-16-34(18-17-33)29(35)24-9-11-25(12-10-24)32-38(36,37)27-7-2-5-23-6-3-14-31-28(23)27/h2-3,5-14,19,32H,4,15-18,20H2,1H3. The van der Waals surface area contributed by atoms with Crippen molar-refractivity contribution in [2.75, 3.05) is 30.9 Å². The molecule has 5 rings (SSSR count). The van der Waals surface area contributed by atoms with Gasteiger partial charge >= 0.3 is 0 Å². The van der Waals surface area contributed by atoms with Gasteiger partial charge in [0.05, 0.1) is 5.52 Å². The Morgan fingerprint density at radius 1 is 0.974 bits per heavy atom. The van der Waals surface area contributed by atoms with Crippen LogP contribution in [0.25, 0.3) is 10.9 Å². The number of hydrogen-bond donors (Lipinski definition) is 1. The summed E-state index contributed by atoms with van der Waals surface area (Å²) in [6.45, 7) is 6.12. The number of nitrogens with zero attached hydrogens (tertiary/aromatic N) is 3. The highest BCUT2D eigenvalue weighted by Gasteiger charge is 2.22. The van der Waals surface area contributed by atoms with E-state index in [0.717, 1.165) is 31.4 Å². The number of fused-ring (bicyclic) bond motifs is 1. The van der Waals surface area contributed by atoms with Crippen LogP contribution in [0.3, 0.4) is 0 Å². The molecule has 38 heavy (non-hydrogen) atoms. The number of amides is 1. The maximum absolute atomic E-state index is 13.2.